The van der Waals surface area contributed by atoms with Crippen LogP contribution in [0.1, 0.15) is 36.6 Å². The van der Waals surface area contributed by atoms with Crippen LogP contribution in [-0.4, -0.2) is 24.3 Å². The van der Waals surface area contributed by atoms with Gasteiger partial charge in [0.25, 0.3) is 5.56 Å². The molecule has 4 rings (SSSR count). The maximum absolute atomic E-state index is 13.7. The number of allylic oxidation sites excluding steroid dienone is 1. The fraction of sp³-hybridized carbons (Fsp3) is 0.240. The molecule has 0 bridgehead atoms. The van der Waals surface area contributed by atoms with Crippen molar-refractivity contribution in [2.75, 3.05) is 13.7 Å². The second-order valence-corrected chi connectivity index (χ2v) is 11.1. The molecule has 0 amide bonds. The van der Waals surface area contributed by atoms with E-state index < -0.39 is 12.0 Å². The quantitative estimate of drug-likeness (QED) is 0.294. The Morgan fingerprint density at radius 1 is 1.18 bits per heavy atom. The van der Waals surface area contributed by atoms with Crippen molar-refractivity contribution < 1.29 is 14.3 Å². The zero-order valence-electron chi connectivity index (χ0n) is 19.0. The molecule has 0 saturated carbocycles. The van der Waals surface area contributed by atoms with Gasteiger partial charge in [0.1, 0.15) is 5.75 Å². The van der Waals surface area contributed by atoms with Gasteiger partial charge in [0.15, 0.2) is 4.80 Å². The molecule has 9 heteroatoms. The molecule has 0 aliphatic carbocycles. The molecule has 0 saturated heterocycles. The number of hydrogen-bond donors (Lipinski definition) is 0. The van der Waals surface area contributed by atoms with E-state index in [1.165, 1.54) is 11.3 Å². The Morgan fingerprint density at radius 2 is 1.82 bits per heavy atom. The maximum atomic E-state index is 13.7. The zero-order valence-corrected chi connectivity index (χ0v) is 24.1. The Balaban J connectivity index is 1.94. The van der Waals surface area contributed by atoms with Gasteiger partial charge >= 0.3 is 5.97 Å². The predicted molar refractivity (Wildman–Crippen MR) is 150 cm³/mol. The summed E-state index contributed by atoms with van der Waals surface area (Å²) in [6.07, 6.45) is 1.86. The lowest BCUT2D eigenvalue weighted by Gasteiger charge is -2.24. The van der Waals surface area contributed by atoms with Gasteiger partial charge in [0.05, 0.1) is 42.7 Å². The van der Waals surface area contributed by atoms with Gasteiger partial charge in [-0.15, -0.1) is 0 Å². The Bertz CT molecular complexity index is 1460. The van der Waals surface area contributed by atoms with Gasteiger partial charge in [0, 0.05) is 0 Å². The standard InChI is InChI=1S/C25H22I2N2O4S/c1-5-33-24(31)20-14(3)28-25-29(21(20)16-8-6-13(2)7-9-16)23(30)19(34-25)12-15-10-17(26)22(32-4)18(27)11-15/h6-12,21H,5H2,1-4H3. The topological polar surface area (TPSA) is 69.9 Å². The molecule has 1 aliphatic heterocycles. The molecule has 0 N–H and O–H groups in total. The summed E-state index contributed by atoms with van der Waals surface area (Å²) in [5.41, 5.74) is 3.59. The van der Waals surface area contributed by atoms with E-state index in [0.717, 1.165) is 29.6 Å². The van der Waals surface area contributed by atoms with Gasteiger partial charge < -0.3 is 9.47 Å². The van der Waals surface area contributed by atoms with E-state index in [4.69, 9.17) is 9.47 Å². The molecule has 1 unspecified atom stereocenters. The van der Waals surface area contributed by atoms with Crippen LogP contribution < -0.4 is 19.6 Å². The molecule has 176 valence electrons. The molecule has 0 spiro atoms. The number of carbonyl (C=O) groups excluding carboxylic acids is 1. The van der Waals surface area contributed by atoms with Crippen molar-refractivity contribution in [3.8, 4) is 5.75 Å². The van der Waals surface area contributed by atoms with E-state index >= 15 is 0 Å². The fourth-order valence-corrected chi connectivity index (χ4v) is 7.17. The van der Waals surface area contributed by atoms with Crippen LogP contribution in [0.2, 0.25) is 0 Å². The lowest BCUT2D eigenvalue weighted by atomic mass is 9.95. The van der Waals surface area contributed by atoms with Crippen molar-refractivity contribution in [2.24, 2.45) is 4.99 Å². The number of aryl methyl sites for hydroxylation is 1. The number of benzene rings is 2. The Labute approximate surface area is 228 Å². The summed E-state index contributed by atoms with van der Waals surface area (Å²) in [5, 5.41) is 0. The summed E-state index contributed by atoms with van der Waals surface area (Å²) in [7, 11) is 1.64. The molecule has 2 heterocycles. The van der Waals surface area contributed by atoms with Crippen molar-refractivity contribution in [1.29, 1.82) is 0 Å². The summed E-state index contributed by atoms with van der Waals surface area (Å²) >= 11 is 5.77. The molecule has 6 nitrogen and oxygen atoms in total. The third-order valence-corrected chi connectivity index (χ3v) is 8.02. The zero-order chi connectivity index (χ0) is 24.6. The number of nitrogens with zero attached hydrogens (tertiary/aromatic N) is 2. The number of fused-ring (bicyclic) bond motifs is 1. The third kappa shape index (κ3) is 4.74. The number of hydrogen-bond acceptors (Lipinski definition) is 6. The van der Waals surface area contributed by atoms with Crippen LogP contribution >= 0.6 is 56.5 Å². The number of thiazole rings is 1. The average molecular weight is 700 g/mol. The van der Waals surface area contributed by atoms with Crippen molar-refractivity contribution in [2.45, 2.75) is 26.8 Å². The number of esters is 1. The third-order valence-electron chi connectivity index (χ3n) is 5.43. The van der Waals surface area contributed by atoms with Crippen molar-refractivity contribution in [3.05, 3.63) is 91.2 Å². The first-order valence-corrected chi connectivity index (χ1v) is 13.5. The minimum atomic E-state index is -0.603. The first-order valence-electron chi connectivity index (χ1n) is 10.5. The SMILES string of the molecule is CCOC(=O)C1=C(C)N=c2sc(=Cc3cc(I)c(OC)c(I)c3)c(=O)n2C1c1ccc(C)cc1. The Morgan fingerprint density at radius 3 is 2.41 bits per heavy atom. The minimum Gasteiger partial charge on any atom is -0.495 e. The Hall–Kier alpha value is -1.99. The summed E-state index contributed by atoms with van der Waals surface area (Å²) in [5.74, 6) is 0.358. The van der Waals surface area contributed by atoms with Crippen molar-refractivity contribution in [1.82, 2.24) is 4.57 Å². The van der Waals surface area contributed by atoms with E-state index in [9.17, 15) is 9.59 Å². The second-order valence-electron chi connectivity index (χ2n) is 7.73. The maximum Gasteiger partial charge on any atom is 0.338 e. The molecule has 2 aromatic carbocycles. The number of rotatable bonds is 5. The average Bonchev–Trinajstić information content (AvgIpc) is 3.08. The highest BCUT2D eigenvalue weighted by molar-refractivity contribution is 14.1. The molecule has 1 aliphatic rings. The fourth-order valence-electron chi connectivity index (χ4n) is 3.86. The van der Waals surface area contributed by atoms with Crippen LogP contribution in [0.25, 0.3) is 6.08 Å². The van der Waals surface area contributed by atoms with E-state index in [1.54, 1.807) is 25.5 Å². The molecular formula is C25H22I2N2O4S. The highest BCUT2D eigenvalue weighted by Gasteiger charge is 2.33. The molecule has 0 radical (unpaired) electrons. The van der Waals surface area contributed by atoms with Crippen LogP contribution in [0.3, 0.4) is 0 Å². The summed E-state index contributed by atoms with van der Waals surface area (Å²) < 4.78 is 14.9. The lowest BCUT2D eigenvalue weighted by molar-refractivity contribution is -0.139. The molecule has 1 atom stereocenters. The van der Waals surface area contributed by atoms with Crippen LogP contribution in [-0.2, 0) is 9.53 Å². The molecule has 3 aromatic rings. The van der Waals surface area contributed by atoms with Gasteiger partial charge in [-0.1, -0.05) is 41.2 Å². The highest BCUT2D eigenvalue weighted by atomic mass is 127. The Kier molecular flexibility index (Phi) is 7.63. The van der Waals surface area contributed by atoms with Crippen LogP contribution in [0.15, 0.2) is 57.5 Å². The molecular weight excluding hydrogens is 678 g/mol. The first kappa shape index (κ1) is 25.1. The number of methoxy groups -OCH3 is 1. The predicted octanol–water partition coefficient (Wildman–Crippen LogP) is 4.32. The van der Waals surface area contributed by atoms with Crippen LogP contribution in [0, 0.1) is 14.1 Å². The van der Waals surface area contributed by atoms with Gasteiger partial charge in [0.2, 0.25) is 0 Å². The van der Waals surface area contributed by atoms with Crippen LogP contribution in [0.4, 0.5) is 0 Å². The molecule has 34 heavy (non-hydrogen) atoms. The largest absolute Gasteiger partial charge is 0.495 e. The van der Waals surface area contributed by atoms with E-state index in [0.29, 0.717) is 20.6 Å². The number of carbonyl (C=O) groups is 1. The normalized spacial score (nSPS) is 15.7. The monoisotopic (exact) mass is 700 g/mol. The lowest BCUT2D eigenvalue weighted by Crippen LogP contribution is -2.39. The summed E-state index contributed by atoms with van der Waals surface area (Å²) in [4.78, 5) is 31.8. The summed E-state index contributed by atoms with van der Waals surface area (Å²) in [6.45, 7) is 5.80. The van der Waals surface area contributed by atoms with Crippen LogP contribution in [0.5, 0.6) is 5.75 Å². The number of ether oxygens (including phenoxy) is 2. The smallest absolute Gasteiger partial charge is 0.338 e. The van der Waals surface area contributed by atoms with Crippen molar-refractivity contribution >= 4 is 68.6 Å². The van der Waals surface area contributed by atoms with E-state index in [2.05, 4.69) is 50.2 Å². The first-order chi connectivity index (χ1) is 16.2. The van der Waals surface area contributed by atoms with Gasteiger partial charge in [-0.05, 0) is 95.3 Å². The van der Waals surface area contributed by atoms with Gasteiger partial charge in [-0.25, -0.2) is 9.79 Å². The van der Waals surface area contributed by atoms with Crippen molar-refractivity contribution in [3.63, 3.8) is 0 Å². The van der Waals surface area contributed by atoms with E-state index in [-0.39, 0.29) is 12.2 Å². The number of aromatic nitrogens is 1. The van der Waals surface area contributed by atoms with E-state index in [1.807, 2.05) is 49.4 Å². The van der Waals surface area contributed by atoms with Gasteiger partial charge in [-0.2, -0.15) is 0 Å². The minimum absolute atomic E-state index is 0.190. The second kappa shape index (κ2) is 10.3. The number of halogens is 2. The van der Waals surface area contributed by atoms with Gasteiger partial charge in [-0.3, -0.25) is 9.36 Å². The molecule has 0 fully saturated rings. The summed E-state index contributed by atoms with van der Waals surface area (Å²) in [6, 6.07) is 11.2. The highest BCUT2D eigenvalue weighted by Crippen LogP contribution is 2.31. The molecule has 1 aromatic heterocycles.